The molecule has 0 amide bonds. The van der Waals surface area contributed by atoms with E-state index in [1.807, 2.05) is 24.3 Å². The second-order valence-electron chi connectivity index (χ2n) is 8.34. The van der Waals surface area contributed by atoms with Gasteiger partial charge in [0.25, 0.3) is 0 Å². The topological polar surface area (TPSA) is 35.5 Å². The van der Waals surface area contributed by atoms with Crippen molar-refractivity contribution in [1.29, 1.82) is 0 Å². The molecule has 0 radical (unpaired) electrons. The van der Waals surface area contributed by atoms with Gasteiger partial charge in [0.2, 0.25) is 0 Å². The molecule has 0 aliphatic heterocycles. The van der Waals surface area contributed by atoms with Crippen LogP contribution < -0.4 is 9.47 Å². The summed E-state index contributed by atoms with van der Waals surface area (Å²) in [5.41, 5.74) is 1.83. The Kier molecular flexibility index (Phi) is 12.5. The molecule has 0 aromatic heterocycles. The first kappa shape index (κ1) is 25.0. The van der Waals surface area contributed by atoms with Crippen LogP contribution in [0.1, 0.15) is 100 Å². The number of ether oxygens (including phenoxy) is 2. The minimum atomic E-state index is -0.339. The molecule has 0 aliphatic carbocycles. The molecule has 0 fully saturated rings. The molecular formula is C28H40O3. The molecule has 0 N–H and O–H groups in total. The SMILES string of the molecule is CCCCCCCCCc1ccc(OC(=O)c2ccc(OCCCCCC)cc2)cc1. The molecule has 0 heterocycles. The number of esters is 1. The average molecular weight is 425 g/mol. The lowest BCUT2D eigenvalue weighted by Crippen LogP contribution is -2.08. The molecule has 2 aromatic carbocycles. The number of hydrogen-bond acceptors (Lipinski definition) is 3. The van der Waals surface area contributed by atoms with Crippen molar-refractivity contribution in [3.63, 3.8) is 0 Å². The Morgan fingerprint density at radius 2 is 1.19 bits per heavy atom. The fourth-order valence-electron chi connectivity index (χ4n) is 3.58. The van der Waals surface area contributed by atoms with Gasteiger partial charge in [-0.1, -0.05) is 83.8 Å². The number of rotatable bonds is 16. The maximum Gasteiger partial charge on any atom is 0.343 e. The van der Waals surface area contributed by atoms with E-state index in [4.69, 9.17) is 9.47 Å². The second kappa shape index (κ2) is 15.5. The summed E-state index contributed by atoms with van der Waals surface area (Å²) in [5.74, 6) is 1.04. The van der Waals surface area contributed by atoms with E-state index in [9.17, 15) is 4.79 Å². The fourth-order valence-corrected chi connectivity index (χ4v) is 3.58. The van der Waals surface area contributed by atoms with Crippen LogP contribution >= 0.6 is 0 Å². The molecule has 0 atom stereocenters. The van der Waals surface area contributed by atoms with Gasteiger partial charge in [0.15, 0.2) is 0 Å². The average Bonchev–Trinajstić information content (AvgIpc) is 2.80. The van der Waals surface area contributed by atoms with E-state index in [0.29, 0.717) is 11.3 Å². The standard InChI is InChI=1S/C28H40O3/c1-3-5-7-9-10-11-12-14-24-15-19-27(20-16-24)31-28(29)25-17-21-26(22-18-25)30-23-13-8-6-4-2/h15-22H,3-14,23H2,1-2H3. The van der Waals surface area contributed by atoms with Crippen molar-refractivity contribution in [3.05, 3.63) is 59.7 Å². The fraction of sp³-hybridized carbons (Fsp3) is 0.536. The first-order valence-corrected chi connectivity index (χ1v) is 12.3. The van der Waals surface area contributed by atoms with Crippen molar-refractivity contribution < 1.29 is 14.3 Å². The number of benzene rings is 2. The smallest absolute Gasteiger partial charge is 0.343 e. The van der Waals surface area contributed by atoms with Gasteiger partial charge in [0, 0.05) is 0 Å². The number of unbranched alkanes of at least 4 members (excludes halogenated alkanes) is 9. The third-order valence-electron chi connectivity index (χ3n) is 5.56. The largest absolute Gasteiger partial charge is 0.494 e. The van der Waals surface area contributed by atoms with E-state index < -0.39 is 0 Å². The third-order valence-corrected chi connectivity index (χ3v) is 5.56. The maximum atomic E-state index is 12.4. The summed E-state index contributed by atoms with van der Waals surface area (Å²) < 4.78 is 11.3. The van der Waals surface area contributed by atoms with Crippen molar-refractivity contribution in [1.82, 2.24) is 0 Å². The van der Waals surface area contributed by atoms with Crippen LogP contribution in [-0.4, -0.2) is 12.6 Å². The quantitative estimate of drug-likeness (QED) is 0.155. The van der Waals surface area contributed by atoms with Gasteiger partial charge >= 0.3 is 5.97 Å². The summed E-state index contributed by atoms with van der Waals surface area (Å²) >= 11 is 0. The lowest BCUT2D eigenvalue weighted by Gasteiger charge is -2.08. The number of hydrogen-bond donors (Lipinski definition) is 0. The van der Waals surface area contributed by atoms with Crippen LogP contribution in [0.3, 0.4) is 0 Å². The van der Waals surface area contributed by atoms with Crippen LogP contribution in [0.2, 0.25) is 0 Å². The zero-order chi connectivity index (χ0) is 22.2. The predicted molar refractivity (Wildman–Crippen MR) is 129 cm³/mol. The minimum absolute atomic E-state index is 0.339. The van der Waals surface area contributed by atoms with Gasteiger partial charge < -0.3 is 9.47 Å². The van der Waals surface area contributed by atoms with E-state index >= 15 is 0 Å². The minimum Gasteiger partial charge on any atom is -0.494 e. The van der Waals surface area contributed by atoms with Gasteiger partial charge in [-0.2, -0.15) is 0 Å². The molecule has 170 valence electrons. The first-order valence-electron chi connectivity index (χ1n) is 12.3. The van der Waals surface area contributed by atoms with Gasteiger partial charge in [-0.3, -0.25) is 0 Å². The highest BCUT2D eigenvalue weighted by Crippen LogP contribution is 2.18. The maximum absolute atomic E-state index is 12.4. The van der Waals surface area contributed by atoms with Crippen LogP contribution in [0.5, 0.6) is 11.5 Å². The molecule has 0 aliphatic rings. The lowest BCUT2D eigenvalue weighted by molar-refractivity contribution is 0.0734. The second-order valence-corrected chi connectivity index (χ2v) is 8.34. The Morgan fingerprint density at radius 3 is 1.84 bits per heavy atom. The summed E-state index contributed by atoms with van der Waals surface area (Å²) in [6.07, 6.45) is 15.0. The Morgan fingerprint density at radius 1 is 0.645 bits per heavy atom. The van der Waals surface area contributed by atoms with Crippen LogP contribution in [0.25, 0.3) is 0 Å². The molecule has 31 heavy (non-hydrogen) atoms. The molecule has 3 heteroatoms. The molecule has 3 nitrogen and oxygen atoms in total. The van der Waals surface area contributed by atoms with Crippen molar-refractivity contribution in [2.75, 3.05) is 6.61 Å². The van der Waals surface area contributed by atoms with Crippen molar-refractivity contribution in [2.45, 2.75) is 90.9 Å². The van der Waals surface area contributed by atoms with Gasteiger partial charge in [0.1, 0.15) is 11.5 Å². The van der Waals surface area contributed by atoms with Crippen LogP contribution in [0.4, 0.5) is 0 Å². The lowest BCUT2D eigenvalue weighted by atomic mass is 10.0. The van der Waals surface area contributed by atoms with Crippen LogP contribution in [0.15, 0.2) is 48.5 Å². The Hall–Kier alpha value is -2.29. The number of carbonyl (C=O) groups excluding carboxylic acids is 1. The van der Waals surface area contributed by atoms with E-state index in [-0.39, 0.29) is 5.97 Å². The highest BCUT2D eigenvalue weighted by atomic mass is 16.5. The van der Waals surface area contributed by atoms with E-state index in [2.05, 4.69) is 26.0 Å². The molecule has 0 unspecified atom stereocenters. The number of aryl methyl sites for hydroxylation is 1. The van der Waals surface area contributed by atoms with E-state index in [0.717, 1.165) is 25.2 Å². The number of carbonyl (C=O) groups is 1. The van der Waals surface area contributed by atoms with Crippen molar-refractivity contribution >= 4 is 5.97 Å². The highest BCUT2D eigenvalue weighted by Gasteiger charge is 2.09. The molecule has 2 rings (SSSR count). The van der Waals surface area contributed by atoms with Crippen LogP contribution in [-0.2, 0) is 6.42 Å². The Labute approximate surface area is 189 Å². The van der Waals surface area contributed by atoms with Gasteiger partial charge in [-0.15, -0.1) is 0 Å². The summed E-state index contributed by atoms with van der Waals surface area (Å²) in [5, 5.41) is 0. The molecular weight excluding hydrogens is 384 g/mol. The monoisotopic (exact) mass is 424 g/mol. The zero-order valence-electron chi connectivity index (χ0n) is 19.5. The van der Waals surface area contributed by atoms with Gasteiger partial charge in [-0.05, 0) is 61.2 Å². The van der Waals surface area contributed by atoms with Crippen LogP contribution in [0, 0.1) is 0 Å². The Balaban J connectivity index is 1.69. The summed E-state index contributed by atoms with van der Waals surface area (Å²) in [4.78, 5) is 12.4. The molecule has 0 bridgehead atoms. The van der Waals surface area contributed by atoms with Crippen molar-refractivity contribution in [3.8, 4) is 11.5 Å². The predicted octanol–water partition coefficient (Wildman–Crippen LogP) is 8.16. The Bertz CT molecular complexity index is 719. The summed E-state index contributed by atoms with van der Waals surface area (Å²) in [7, 11) is 0. The summed E-state index contributed by atoms with van der Waals surface area (Å²) in [6.45, 7) is 5.17. The third kappa shape index (κ3) is 10.5. The molecule has 0 spiro atoms. The zero-order valence-corrected chi connectivity index (χ0v) is 19.5. The highest BCUT2D eigenvalue weighted by molar-refractivity contribution is 5.91. The molecule has 0 saturated carbocycles. The van der Waals surface area contributed by atoms with E-state index in [1.165, 1.54) is 69.8 Å². The van der Waals surface area contributed by atoms with Gasteiger partial charge in [-0.25, -0.2) is 4.79 Å². The van der Waals surface area contributed by atoms with Gasteiger partial charge in [0.05, 0.1) is 12.2 Å². The molecule has 0 saturated heterocycles. The molecule has 2 aromatic rings. The normalized spacial score (nSPS) is 10.8. The first-order chi connectivity index (χ1) is 15.2. The summed E-state index contributed by atoms with van der Waals surface area (Å²) in [6, 6.07) is 15.1. The van der Waals surface area contributed by atoms with Crippen molar-refractivity contribution in [2.24, 2.45) is 0 Å². The van der Waals surface area contributed by atoms with E-state index in [1.54, 1.807) is 12.1 Å².